The molecular formula is C14H22N4O. The van der Waals surface area contributed by atoms with Gasteiger partial charge in [-0.05, 0) is 39.1 Å². The van der Waals surface area contributed by atoms with E-state index in [0.29, 0.717) is 18.2 Å². The van der Waals surface area contributed by atoms with Crippen LogP contribution in [0.2, 0.25) is 0 Å². The molecule has 0 bridgehead atoms. The van der Waals surface area contributed by atoms with E-state index >= 15 is 0 Å². The molecule has 0 saturated carbocycles. The summed E-state index contributed by atoms with van der Waals surface area (Å²) >= 11 is 0. The average molecular weight is 262 g/mol. The minimum atomic E-state index is 0.156. The predicted octanol–water partition coefficient (Wildman–Crippen LogP) is 0.759. The third kappa shape index (κ3) is 3.67. The molecule has 2 heterocycles. The first kappa shape index (κ1) is 13.8. The number of amides is 1. The van der Waals surface area contributed by atoms with Crippen LogP contribution in [0.3, 0.4) is 0 Å². The Kier molecular flexibility index (Phi) is 4.37. The summed E-state index contributed by atoms with van der Waals surface area (Å²) in [4.78, 5) is 20.6. The van der Waals surface area contributed by atoms with Gasteiger partial charge in [0.1, 0.15) is 0 Å². The van der Waals surface area contributed by atoms with Crippen LogP contribution in [0.25, 0.3) is 0 Å². The lowest BCUT2D eigenvalue weighted by Crippen LogP contribution is -2.48. The average Bonchev–Trinajstić information content (AvgIpc) is 2.41. The molecule has 104 valence electrons. The highest BCUT2D eigenvalue weighted by Gasteiger charge is 2.24. The highest BCUT2D eigenvalue weighted by atomic mass is 16.2. The van der Waals surface area contributed by atoms with Crippen LogP contribution in [-0.4, -0.2) is 53.9 Å². The van der Waals surface area contributed by atoms with Crippen molar-refractivity contribution in [2.75, 3.05) is 32.9 Å². The number of nitrogens with two attached hydrogens (primary N) is 1. The second-order valence-electron chi connectivity index (χ2n) is 5.36. The zero-order chi connectivity index (χ0) is 13.8. The molecule has 0 aromatic carbocycles. The van der Waals surface area contributed by atoms with Crippen LogP contribution < -0.4 is 5.73 Å². The molecule has 1 fully saturated rings. The summed E-state index contributed by atoms with van der Waals surface area (Å²) in [6.45, 7) is 1.68. The maximum atomic E-state index is 12.3. The van der Waals surface area contributed by atoms with Crippen molar-refractivity contribution in [1.82, 2.24) is 14.8 Å². The van der Waals surface area contributed by atoms with Gasteiger partial charge in [0.25, 0.3) is 0 Å². The van der Waals surface area contributed by atoms with Gasteiger partial charge < -0.3 is 15.5 Å². The van der Waals surface area contributed by atoms with E-state index in [1.807, 2.05) is 11.0 Å². The van der Waals surface area contributed by atoms with Crippen molar-refractivity contribution in [2.45, 2.75) is 25.3 Å². The first-order valence-corrected chi connectivity index (χ1v) is 6.71. The fourth-order valence-corrected chi connectivity index (χ4v) is 2.41. The van der Waals surface area contributed by atoms with Crippen molar-refractivity contribution in [3.63, 3.8) is 0 Å². The SMILES string of the molecule is CN(C)C1CCCN(C(=O)Cc2ccc(N)cn2)C1. The van der Waals surface area contributed by atoms with E-state index in [2.05, 4.69) is 24.0 Å². The quantitative estimate of drug-likeness (QED) is 0.873. The Morgan fingerprint density at radius 2 is 2.32 bits per heavy atom. The number of likely N-dealkylation sites (N-methyl/N-ethyl adjacent to an activating group) is 1. The van der Waals surface area contributed by atoms with Crippen LogP contribution in [0.5, 0.6) is 0 Å². The maximum Gasteiger partial charge on any atom is 0.228 e. The van der Waals surface area contributed by atoms with Crippen molar-refractivity contribution in [1.29, 1.82) is 0 Å². The third-order valence-electron chi connectivity index (χ3n) is 3.66. The summed E-state index contributed by atoms with van der Waals surface area (Å²) in [7, 11) is 4.14. The number of rotatable bonds is 3. The summed E-state index contributed by atoms with van der Waals surface area (Å²) in [5.74, 6) is 0.156. The van der Waals surface area contributed by atoms with Crippen molar-refractivity contribution in [3.05, 3.63) is 24.0 Å². The van der Waals surface area contributed by atoms with Gasteiger partial charge in [0.05, 0.1) is 18.3 Å². The molecule has 1 aromatic heterocycles. The second kappa shape index (κ2) is 6.02. The Bertz CT molecular complexity index is 430. The third-order valence-corrected chi connectivity index (χ3v) is 3.66. The molecule has 1 aliphatic rings. The lowest BCUT2D eigenvalue weighted by atomic mass is 10.0. The van der Waals surface area contributed by atoms with Crippen LogP contribution in [0, 0.1) is 0 Å². The van der Waals surface area contributed by atoms with E-state index in [9.17, 15) is 4.79 Å². The molecule has 2 N–H and O–H groups in total. The van der Waals surface area contributed by atoms with E-state index in [1.165, 1.54) is 0 Å². The van der Waals surface area contributed by atoms with Gasteiger partial charge in [-0.25, -0.2) is 0 Å². The lowest BCUT2D eigenvalue weighted by molar-refractivity contribution is -0.132. The second-order valence-corrected chi connectivity index (χ2v) is 5.36. The van der Waals surface area contributed by atoms with Gasteiger partial charge in [0.2, 0.25) is 5.91 Å². The summed E-state index contributed by atoms with van der Waals surface area (Å²) in [6.07, 6.45) is 4.20. The Labute approximate surface area is 114 Å². The van der Waals surface area contributed by atoms with Crippen molar-refractivity contribution in [3.8, 4) is 0 Å². The standard InChI is InChI=1S/C14H22N4O/c1-17(2)13-4-3-7-18(10-13)14(19)8-12-6-5-11(15)9-16-12/h5-6,9,13H,3-4,7-8,10,15H2,1-2H3. The van der Waals surface area contributed by atoms with E-state index in [1.54, 1.807) is 12.3 Å². The Hall–Kier alpha value is -1.62. The minimum absolute atomic E-state index is 0.156. The van der Waals surface area contributed by atoms with Crippen LogP contribution in [0.4, 0.5) is 5.69 Å². The van der Waals surface area contributed by atoms with Crippen molar-refractivity contribution < 1.29 is 4.79 Å². The molecule has 1 unspecified atom stereocenters. The molecular weight excluding hydrogens is 240 g/mol. The summed E-state index contributed by atoms with van der Waals surface area (Å²) < 4.78 is 0. The van der Waals surface area contributed by atoms with Crippen molar-refractivity contribution >= 4 is 11.6 Å². The van der Waals surface area contributed by atoms with E-state index in [-0.39, 0.29) is 5.91 Å². The molecule has 5 heteroatoms. The van der Waals surface area contributed by atoms with Crippen LogP contribution >= 0.6 is 0 Å². The number of hydrogen-bond donors (Lipinski definition) is 1. The number of nitrogen functional groups attached to an aromatic ring is 1. The zero-order valence-corrected chi connectivity index (χ0v) is 11.7. The van der Waals surface area contributed by atoms with Crippen molar-refractivity contribution in [2.24, 2.45) is 0 Å². The van der Waals surface area contributed by atoms with Gasteiger partial charge in [-0.2, -0.15) is 0 Å². The normalized spacial score (nSPS) is 19.7. The van der Waals surface area contributed by atoms with Gasteiger partial charge in [0, 0.05) is 24.8 Å². The Morgan fingerprint density at radius 1 is 1.53 bits per heavy atom. The molecule has 19 heavy (non-hydrogen) atoms. The molecule has 2 rings (SSSR count). The molecule has 1 aliphatic heterocycles. The van der Waals surface area contributed by atoms with E-state index in [4.69, 9.17) is 5.73 Å². The topological polar surface area (TPSA) is 62.5 Å². The van der Waals surface area contributed by atoms with Crippen LogP contribution in [-0.2, 0) is 11.2 Å². The van der Waals surface area contributed by atoms with E-state index < -0.39 is 0 Å². The molecule has 0 spiro atoms. The van der Waals surface area contributed by atoms with Crippen LogP contribution in [0.1, 0.15) is 18.5 Å². The number of piperidine rings is 1. The molecule has 1 amide bonds. The number of hydrogen-bond acceptors (Lipinski definition) is 4. The molecule has 1 aromatic rings. The zero-order valence-electron chi connectivity index (χ0n) is 11.7. The summed E-state index contributed by atoms with van der Waals surface area (Å²) in [5.41, 5.74) is 7.00. The smallest absolute Gasteiger partial charge is 0.228 e. The Morgan fingerprint density at radius 3 is 2.95 bits per heavy atom. The van der Waals surface area contributed by atoms with Crippen LogP contribution in [0.15, 0.2) is 18.3 Å². The minimum Gasteiger partial charge on any atom is -0.397 e. The highest BCUT2D eigenvalue weighted by Crippen LogP contribution is 2.15. The number of pyridine rings is 1. The molecule has 0 aliphatic carbocycles. The lowest BCUT2D eigenvalue weighted by Gasteiger charge is -2.36. The number of carbonyl (C=O) groups excluding carboxylic acids is 1. The maximum absolute atomic E-state index is 12.3. The molecule has 5 nitrogen and oxygen atoms in total. The Balaban J connectivity index is 1.94. The van der Waals surface area contributed by atoms with Gasteiger partial charge >= 0.3 is 0 Å². The number of anilines is 1. The number of carbonyl (C=O) groups is 1. The monoisotopic (exact) mass is 262 g/mol. The summed E-state index contributed by atoms with van der Waals surface area (Å²) in [6, 6.07) is 4.08. The number of nitrogens with zero attached hydrogens (tertiary/aromatic N) is 3. The largest absolute Gasteiger partial charge is 0.397 e. The first-order valence-electron chi connectivity index (χ1n) is 6.71. The van der Waals surface area contributed by atoms with E-state index in [0.717, 1.165) is 31.6 Å². The number of likely N-dealkylation sites (tertiary alicyclic amines) is 1. The van der Waals surface area contributed by atoms with Gasteiger partial charge in [-0.15, -0.1) is 0 Å². The molecule has 1 atom stereocenters. The fraction of sp³-hybridized carbons (Fsp3) is 0.571. The van der Waals surface area contributed by atoms with Gasteiger partial charge in [-0.1, -0.05) is 0 Å². The van der Waals surface area contributed by atoms with Gasteiger partial charge in [0.15, 0.2) is 0 Å². The predicted molar refractivity (Wildman–Crippen MR) is 75.6 cm³/mol. The highest BCUT2D eigenvalue weighted by molar-refractivity contribution is 5.78. The molecule has 0 radical (unpaired) electrons. The first-order chi connectivity index (χ1) is 9.06. The molecule has 1 saturated heterocycles. The number of aromatic nitrogens is 1. The fourth-order valence-electron chi connectivity index (χ4n) is 2.41. The summed E-state index contributed by atoms with van der Waals surface area (Å²) in [5, 5.41) is 0. The van der Waals surface area contributed by atoms with Gasteiger partial charge in [-0.3, -0.25) is 9.78 Å².